The van der Waals surface area contributed by atoms with E-state index >= 15 is 0 Å². The summed E-state index contributed by atoms with van der Waals surface area (Å²) in [6, 6.07) is 18.5. The Balaban J connectivity index is 1.77. The fraction of sp³-hybridized carbons (Fsp3) is 0.0526. The molecule has 0 unspecified atom stereocenters. The summed E-state index contributed by atoms with van der Waals surface area (Å²) >= 11 is 6.14. The van der Waals surface area contributed by atoms with Gasteiger partial charge in [-0.2, -0.15) is 0 Å². The number of carbonyl (C=O) groups is 1. The molecule has 2 aromatic carbocycles. The number of amides is 1. The Hall–Kier alpha value is -2.85. The number of anilines is 3. The van der Waals surface area contributed by atoms with E-state index in [0.29, 0.717) is 10.7 Å². The lowest BCUT2D eigenvalue weighted by molar-refractivity contribution is 0.102. The number of benzene rings is 2. The first-order chi connectivity index (χ1) is 11.6. The maximum atomic E-state index is 12.4. The molecule has 0 saturated carbocycles. The maximum absolute atomic E-state index is 12.4. The predicted octanol–water partition coefficient (Wildman–Crippen LogP) is 5.04. The molecule has 24 heavy (non-hydrogen) atoms. The number of pyridine rings is 1. The third-order valence-electron chi connectivity index (χ3n) is 3.42. The van der Waals surface area contributed by atoms with E-state index in [4.69, 9.17) is 11.6 Å². The number of carbonyl (C=O) groups excluding carboxylic acids is 1. The molecule has 0 saturated heterocycles. The number of aryl methyl sites for hydroxylation is 1. The van der Waals surface area contributed by atoms with Crippen LogP contribution in [0.15, 0.2) is 66.9 Å². The summed E-state index contributed by atoms with van der Waals surface area (Å²) in [6.45, 7) is 1.97. The molecule has 0 radical (unpaired) electrons. The van der Waals surface area contributed by atoms with Gasteiger partial charge in [-0.25, -0.2) is 0 Å². The van der Waals surface area contributed by atoms with Crippen molar-refractivity contribution in [3.8, 4) is 0 Å². The van der Waals surface area contributed by atoms with Gasteiger partial charge in [-0.3, -0.25) is 9.78 Å². The van der Waals surface area contributed by atoms with Crippen LogP contribution in [0.3, 0.4) is 0 Å². The van der Waals surface area contributed by atoms with Gasteiger partial charge in [0.15, 0.2) is 0 Å². The van der Waals surface area contributed by atoms with E-state index in [9.17, 15) is 4.79 Å². The average Bonchev–Trinajstić information content (AvgIpc) is 2.57. The number of hydrogen-bond donors (Lipinski definition) is 2. The van der Waals surface area contributed by atoms with Gasteiger partial charge in [0.05, 0.1) is 10.7 Å². The zero-order chi connectivity index (χ0) is 16.9. The molecular weight excluding hydrogens is 322 g/mol. The van der Waals surface area contributed by atoms with E-state index in [1.54, 1.807) is 24.4 Å². The Morgan fingerprint density at radius 3 is 2.62 bits per heavy atom. The van der Waals surface area contributed by atoms with E-state index in [2.05, 4.69) is 15.6 Å². The predicted molar refractivity (Wildman–Crippen MR) is 98.1 cm³/mol. The molecule has 1 aromatic heterocycles. The Bertz CT molecular complexity index is 880. The Morgan fingerprint density at radius 2 is 1.83 bits per heavy atom. The molecule has 5 heteroatoms. The van der Waals surface area contributed by atoms with Crippen LogP contribution < -0.4 is 10.6 Å². The normalized spacial score (nSPS) is 10.2. The highest BCUT2D eigenvalue weighted by Gasteiger charge is 2.09. The molecule has 0 spiro atoms. The molecular formula is C19H16ClN3O. The number of hydrogen-bond acceptors (Lipinski definition) is 3. The van der Waals surface area contributed by atoms with Gasteiger partial charge in [0, 0.05) is 17.6 Å². The molecule has 120 valence electrons. The van der Waals surface area contributed by atoms with Crippen LogP contribution in [0.1, 0.15) is 16.1 Å². The summed E-state index contributed by atoms with van der Waals surface area (Å²) in [7, 11) is 0. The van der Waals surface area contributed by atoms with E-state index in [-0.39, 0.29) is 5.91 Å². The van der Waals surface area contributed by atoms with Crippen LogP contribution in [0.25, 0.3) is 0 Å². The molecule has 0 aliphatic carbocycles. The van der Waals surface area contributed by atoms with E-state index in [1.807, 2.05) is 49.4 Å². The molecule has 1 heterocycles. The second-order valence-electron chi connectivity index (χ2n) is 5.36. The third kappa shape index (κ3) is 3.91. The van der Waals surface area contributed by atoms with Gasteiger partial charge in [0.2, 0.25) is 0 Å². The van der Waals surface area contributed by atoms with Crippen molar-refractivity contribution in [3.05, 3.63) is 83.1 Å². The summed E-state index contributed by atoms with van der Waals surface area (Å²) in [5.41, 5.74) is 3.66. The largest absolute Gasteiger partial charge is 0.354 e. The van der Waals surface area contributed by atoms with Crippen LogP contribution in [0.4, 0.5) is 17.1 Å². The first-order valence-electron chi connectivity index (χ1n) is 7.47. The molecule has 1 amide bonds. The van der Waals surface area contributed by atoms with Gasteiger partial charge in [0.25, 0.3) is 5.91 Å². The molecule has 3 rings (SSSR count). The SMILES string of the molecule is Cc1cccc(NC(=O)c2cc(Nc3ccccc3Cl)ccn2)c1. The molecule has 0 aliphatic rings. The fourth-order valence-electron chi connectivity index (χ4n) is 2.27. The van der Waals surface area contributed by atoms with E-state index in [1.165, 1.54) is 0 Å². The van der Waals surface area contributed by atoms with Crippen molar-refractivity contribution in [1.82, 2.24) is 4.98 Å². The van der Waals surface area contributed by atoms with Gasteiger partial charge in [0.1, 0.15) is 5.69 Å². The summed E-state index contributed by atoms with van der Waals surface area (Å²) in [5, 5.41) is 6.65. The van der Waals surface area contributed by atoms with Gasteiger partial charge < -0.3 is 10.6 Å². The lowest BCUT2D eigenvalue weighted by Crippen LogP contribution is -2.13. The van der Waals surface area contributed by atoms with Crippen molar-refractivity contribution < 1.29 is 4.79 Å². The summed E-state index contributed by atoms with van der Waals surface area (Å²) in [5.74, 6) is -0.261. The third-order valence-corrected chi connectivity index (χ3v) is 3.75. The Kier molecular flexibility index (Phi) is 4.77. The van der Waals surface area contributed by atoms with Crippen molar-refractivity contribution in [2.45, 2.75) is 6.92 Å². The molecule has 0 atom stereocenters. The summed E-state index contributed by atoms with van der Waals surface area (Å²) in [6.07, 6.45) is 1.59. The van der Waals surface area contributed by atoms with Crippen molar-refractivity contribution in [1.29, 1.82) is 0 Å². The second-order valence-corrected chi connectivity index (χ2v) is 5.77. The highest BCUT2D eigenvalue weighted by Crippen LogP contribution is 2.25. The number of nitrogens with one attached hydrogen (secondary N) is 2. The van der Waals surface area contributed by atoms with Crippen LogP contribution in [0.5, 0.6) is 0 Å². The molecule has 4 nitrogen and oxygen atoms in total. The summed E-state index contributed by atoms with van der Waals surface area (Å²) in [4.78, 5) is 16.5. The Labute approximate surface area is 145 Å². The number of aromatic nitrogens is 1. The average molecular weight is 338 g/mol. The fourth-order valence-corrected chi connectivity index (χ4v) is 2.45. The molecule has 0 fully saturated rings. The topological polar surface area (TPSA) is 54.0 Å². The summed E-state index contributed by atoms with van der Waals surface area (Å²) < 4.78 is 0. The maximum Gasteiger partial charge on any atom is 0.274 e. The second kappa shape index (κ2) is 7.15. The first kappa shape index (κ1) is 16.0. The highest BCUT2D eigenvalue weighted by atomic mass is 35.5. The van der Waals surface area contributed by atoms with Crippen LogP contribution in [-0.2, 0) is 0 Å². The molecule has 0 aliphatic heterocycles. The first-order valence-corrected chi connectivity index (χ1v) is 7.85. The zero-order valence-corrected chi connectivity index (χ0v) is 13.8. The van der Waals surface area contributed by atoms with Crippen LogP contribution in [-0.4, -0.2) is 10.9 Å². The highest BCUT2D eigenvalue weighted by molar-refractivity contribution is 6.33. The van der Waals surface area contributed by atoms with Gasteiger partial charge >= 0.3 is 0 Å². The van der Waals surface area contributed by atoms with Gasteiger partial charge in [-0.1, -0.05) is 35.9 Å². The Morgan fingerprint density at radius 1 is 1.00 bits per heavy atom. The van der Waals surface area contributed by atoms with Crippen molar-refractivity contribution in [3.63, 3.8) is 0 Å². The van der Waals surface area contributed by atoms with Crippen LogP contribution >= 0.6 is 11.6 Å². The quantitative estimate of drug-likeness (QED) is 0.701. The monoisotopic (exact) mass is 337 g/mol. The standard InChI is InChI=1S/C19H16ClN3O/c1-13-5-4-6-14(11-13)23-19(24)18-12-15(9-10-21-18)22-17-8-3-2-7-16(17)20/h2-12H,1H3,(H,21,22)(H,23,24). The minimum Gasteiger partial charge on any atom is -0.354 e. The van der Waals surface area contributed by atoms with Crippen LogP contribution in [0, 0.1) is 6.92 Å². The lowest BCUT2D eigenvalue weighted by Gasteiger charge is -2.10. The van der Waals surface area contributed by atoms with E-state index in [0.717, 1.165) is 22.6 Å². The minimum absolute atomic E-state index is 0.261. The van der Waals surface area contributed by atoms with Gasteiger partial charge in [-0.05, 0) is 48.9 Å². The smallest absolute Gasteiger partial charge is 0.274 e. The van der Waals surface area contributed by atoms with Crippen molar-refractivity contribution >= 4 is 34.6 Å². The van der Waals surface area contributed by atoms with Crippen molar-refractivity contribution in [2.75, 3.05) is 10.6 Å². The number of nitrogens with zero attached hydrogens (tertiary/aromatic N) is 1. The molecule has 2 N–H and O–H groups in total. The van der Waals surface area contributed by atoms with Crippen LogP contribution in [0.2, 0.25) is 5.02 Å². The number of halogens is 1. The van der Waals surface area contributed by atoms with Crippen molar-refractivity contribution in [2.24, 2.45) is 0 Å². The number of rotatable bonds is 4. The molecule has 0 bridgehead atoms. The molecule has 3 aromatic rings. The zero-order valence-electron chi connectivity index (χ0n) is 13.1. The van der Waals surface area contributed by atoms with Gasteiger partial charge in [-0.15, -0.1) is 0 Å². The lowest BCUT2D eigenvalue weighted by atomic mass is 10.2. The van der Waals surface area contributed by atoms with E-state index < -0.39 is 0 Å². The number of para-hydroxylation sites is 1. The minimum atomic E-state index is -0.261.